The number of aromatic nitrogens is 2. The number of nitrogens with two attached hydrogens (primary N) is 1. The molecule has 0 spiro atoms. The molecular weight excluding hydrogens is 346 g/mol. The maximum atomic E-state index is 12.9. The number of pyridine rings is 1. The van der Waals surface area contributed by atoms with Crippen LogP contribution in [0.5, 0.6) is 5.75 Å². The molecular formula is C15H21N5O4S. The number of rotatable bonds is 5. The predicted molar refractivity (Wildman–Crippen MR) is 91.5 cm³/mol. The second-order valence-corrected chi connectivity index (χ2v) is 7.49. The second-order valence-electron chi connectivity index (χ2n) is 6.11. The van der Waals surface area contributed by atoms with E-state index in [1.54, 1.807) is 41.1 Å². The number of ether oxygens (including phenoxy) is 1. The largest absolute Gasteiger partial charge is 0.495 e. The Balaban J connectivity index is 1.74. The number of hydrogen-bond acceptors (Lipinski definition) is 5. The van der Waals surface area contributed by atoms with Crippen LogP contribution in [0.15, 0.2) is 24.5 Å². The van der Waals surface area contributed by atoms with E-state index in [-0.39, 0.29) is 18.4 Å². The molecule has 1 aliphatic heterocycles. The van der Waals surface area contributed by atoms with Crippen LogP contribution >= 0.6 is 0 Å². The molecule has 1 amide bonds. The summed E-state index contributed by atoms with van der Waals surface area (Å²) in [6.45, 7) is 1.35. The van der Waals surface area contributed by atoms with Crippen LogP contribution in [0.1, 0.15) is 23.2 Å². The monoisotopic (exact) mass is 367 g/mol. The number of likely N-dealkylation sites (tertiary alicyclic amines) is 1. The molecule has 25 heavy (non-hydrogen) atoms. The highest BCUT2D eigenvalue weighted by Gasteiger charge is 2.26. The molecule has 10 heteroatoms. The lowest BCUT2D eigenvalue weighted by atomic mass is 9.98. The minimum atomic E-state index is -3.72. The summed E-state index contributed by atoms with van der Waals surface area (Å²) in [6, 6.07) is 3.58. The van der Waals surface area contributed by atoms with E-state index in [2.05, 4.69) is 9.82 Å². The van der Waals surface area contributed by atoms with E-state index in [1.807, 2.05) is 0 Å². The Kier molecular flexibility index (Phi) is 4.93. The highest BCUT2D eigenvalue weighted by molar-refractivity contribution is 7.87. The Hall–Kier alpha value is -2.17. The fraction of sp³-hybridized carbons (Fsp3) is 0.467. The normalized spacial score (nSPS) is 18.5. The van der Waals surface area contributed by atoms with Gasteiger partial charge in [-0.3, -0.25) is 4.79 Å². The highest BCUT2D eigenvalue weighted by Crippen LogP contribution is 2.21. The average molecular weight is 367 g/mol. The minimum absolute atomic E-state index is 0.0398. The van der Waals surface area contributed by atoms with Crippen LogP contribution in [-0.4, -0.2) is 55.6 Å². The van der Waals surface area contributed by atoms with Gasteiger partial charge in [0.15, 0.2) is 0 Å². The van der Waals surface area contributed by atoms with Gasteiger partial charge in [-0.2, -0.15) is 13.5 Å². The van der Waals surface area contributed by atoms with Gasteiger partial charge >= 0.3 is 0 Å². The number of carbonyl (C=O) groups excluding carboxylic acids is 1. The molecule has 3 N–H and O–H groups in total. The first kappa shape index (κ1) is 17.6. The summed E-state index contributed by atoms with van der Waals surface area (Å²) in [5, 5.41) is 9.18. The van der Waals surface area contributed by atoms with Gasteiger partial charge in [0, 0.05) is 19.6 Å². The van der Waals surface area contributed by atoms with Crippen molar-refractivity contribution in [2.45, 2.75) is 12.8 Å². The summed E-state index contributed by atoms with van der Waals surface area (Å²) in [6.07, 6.45) is 4.92. The van der Waals surface area contributed by atoms with Gasteiger partial charge in [0.25, 0.3) is 16.1 Å². The summed E-state index contributed by atoms with van der Waals surface area (Å²) in [5.41, 5.74) is 1.22. The molecule has 9 nitrogen and oxygen atoms in total. The summed E-state index contributed by atoms with van der Waals surface area (Å²) in [7, 11) is -2.15. The van der Waals surface area contributed by atoms with Crippen LogP contribution in [0.3, 0.4) is 0 Å². The fourth-order valence-corrected chi connectivity index (χ4v) is 3.54. The van der Waals surface area contributed by atoms with Crippen molar-refractivity contribution in [3.05, 3.63) is 30.1 Å². The molecule has 0 aliphatic carbocycles. The van der Waals surface area contributed by atoms with Gasteiger partial charge in [-0.15, -0.1) is 0 Å². The van der Waals surface area contributed by atoms with Crippen molar-refractivity contribution >= 4 is 21.6 Å². The van der Waals surface area contributed by atoms with Crippen molar-refractivity contribution in [2.24, 2.45) is 11.1 Å². The van der Waals surface area contributed by atoms with Gasteiger partial charge in [-0.1, -0.05) is 0 Å². The minimum Gasteiger partial charge on any atom is -0.495 e. The first-order valence-electron chi connectivity index (χ1n) is 7.95. The lowest BCUT2D eigenvalue weighted by Crippen LogP contribution is -2.44. The van der Waals surface area contributed by atoms with E-state index >= 15 is 0 Å². The molecule has 1 unspecified atom stereocenters. The van der Waals surface area contributed by atoms with Gasteiger partial charge < -0.3 is 9.64 Å². The number of carbonyl (C=O) groups is 1. The zero-order valence-corrected chi connectivity index (χ0v) is 14.7. The summed E-state index contributed by atoms with van der Waals surface area (Å²) >= 11 is 0. The first-order chi connectivity index (χ1) is 11.9. The van der Waals surface area contributed by atoms with Crippen LogP contribution in [-0.2, 0) is 10.2 Å². The third kappa shape index (κ3) is 4.09. The van der Waals surface area contributed by atoms with Crippen LogP contribution in [0.25, 0.3) is 5.52 Å². The number of amides is 1. The Morgan fingerprint density at radius 3 is 3.00 bits per heavy atom. The molecule has 1 fully saturated rings. The van der Waals surface area contributed by atoms with Gasteiger partial charge in [-0.05, 0) is 30.9 Å². The summed E-state index contributed by atoms with van der Waals surface area (Å²) in [4.78, 5) is 14.6. The molecule has 1 saturated heterocycles. The smallest absolute Gasteiger partial charge is 0.274 e. The van der Waals surface area contributed by atoms with Gasteiger partial charge in [0.1, 0.15) is 5.75 Å². The molecule has 0 radical (unpaired) electrons. The van der Waals surface area contributed by atoms with E-state index in [0.29, 0.717) is 29.9 Å². The lowest BCUT2D eigenvalue weighted by molar-refractivity contribution is 0.0678. The maximum Gasteiger partial charge on any atom is 0.274 e. The number of hydrogen-bond donors (Lipinski definition) is 2. The molecule has 2 aromatic rings. The topological polar surface area (TPSA) is 119 Å². The standard InChI is InChI=1S/C15H21N5O4S/c1-24-12-4-5-14-13(8-17-20(14)10-12)15(21)19-6-2-3-11(9-19)7-18-25(16,22)23/h4-5,8,10-11,18H,2-3,6-7,9H2,1H3,(H2,16,22,23). The quantitative estimate of drug-likeness (QED) is 0.770. The SMILES string of the molecule is COc1ccc2c(C(=O)N3CCCC(CNS(N)(=O)=O)C3)cnn2c1. The fourth-order valence-electron chi connectivity index (χ4n) is 3.07. The summed E-state index contributed by atoms with van der Waals surface area (Å²) in [5.74, 6) is 0.583. The van der Waals surface area contributed by atoms with Gasteiger partial charge in [0.05, 0.1) is 30.6 Å². The second kappa shape index (κ2) is 6.98. The maximum absolute atomic E-state index is 12.9. The Morgan fingerprint density at radius 1 is 1.48 bits per heavy atom. The number of piperidine rings is 1. The van der Waals surface area contributed by atoms with E-state index in [9.17, 15) is 13.2 Å². The van der Waals surface area contributed by atoms with Crippen LogP contribution in [0.4, 0.5) is 0 Å². The Labute approximate surface area is 145 Å². The Bertz CT molecular complexity index is 879. The van der Waals surface area contributed by atoms with Crippen molar-refractivity contribution in [1.82, 2.24) is 19.2 Å². The third-order valence-electron chi connectivity index (χ3n) is 4.33. The molecule has 0 aromatic carbocycles. The van der Waals surface area contributed by atoms with Crippen LogP contribution in [0, 0.1) is 5.92 Å². The first-order valence-corrected chi connectivity index (χ1v) is 9.50. The molecule has 0 bridgehead atoms. The molecule has 136 valence electrons. The van der Waals surface area contributed by atoms with Crippen LogP contribution in [0.2, 0.25) is 0 Å². The van der Waals surface area contributed by atoms with Crippen molar-refractivity contribution in [3.8, 4) is 5.75 Å². The third-order valence-corrected chi connectivity index (χ3v) is 4.90. The van der Waals surface area contributed by atoms with Crippen molar-refractivity contribution in [2.75, 3.05) is 26.7 Å². The van der Waals surface area contributed by atoms with Gasteiger partial charge in [-0.25, -0.2) is 14.4 Å². The van der Waals surface area contributed by atoms with E-state index in [1.165, 1.54) is 0 Å². The van der Waals surface area contributed by atoms with E-state index in [4.69, 9.17) is 9.88 Å². The Morgan fingerprint density at radius 2 is 2.28 bits per heavy atom. The van der Waals surface area contributed by atoms with Crippen molar-refractivity contribution in [1.29, 1.82) is 0 Å². The molecule has 1 atom stereocenters. The number of fused-ring (bicyclic) bond motifs is 1. The van der Waals surface area contributed by atoms with E-state index in [0.717, 1.165) is 12.8 Å². The van der Waals surface area contributed by atoms with Crippen LogP contribution < -0.4 is 14.6 Å². The summed E-state index contributed by atoms with van der Waals surface area (Å²) < 4.78 is 31.2. The van der Waals surface area contributed by atoms with Crippen molar-refractivity contribution < 1.29 is 17.9 Å². The molecule has 1 aliphatic rings. The highest BCUT2D eigenvalue weighted by atomic mass is 32.2. The predicted octanol–water partition coefficient (Wildman–Crippen LogP) is -0.0118. The number of nitrogens with zero attached hydrogens (tertiary/aromatic N) is 3. The lowest BCUT2D eigenvalue weighted by Gasteiger charge is -2.32. The van der Waals surface area contributed by atoms with E-state index < -0.39 is 10.2 Å². The number of methoxy groups -OCH3 is 1. The molecule has 2 aromatic heterocycles. The molecule has 0 saturated carbocycles. The van der Waals surface area contributed by atoms with Gasteiger partial charge in [0.2, 0.25) is 0 Å². The molecule has 3 rings (SSSR count). The van der Waals surface area contributed by atoms with Crippen molar-refractivity contribution in [3.63, 3.8) is 0 Å². The average Bonchev–Trinajstić information content (AvgIpc) is 3.02. The molecule has 3 heterocycles. The zero-order chi connectivity index (χ0) is 18.0. The number of nitrogens with one attached hydrogen (secondary N) is 1. The zero-order valence-electron chi connectivity index (χ0n) is 13.9.